The molecule has 0 aliphatic carbocycles. The summed E-state index contributed by atoms with van der Waals surface area (Å²) in [6.45, 7) is 2.41. The highest BCUT2D eigenvalue weighted by molar-refractivity contribution is 5.92. The fourth-order valence-electron chi connectivity index (χ4n) is 3.37. The van der Waals surface area contributed by atoms with Crippen molar-refractivity contribution in [3.8, 4) is 11.5 Å². The van der Waals surface area contributed by atoms with Crippen molar-refractivity contribution >= 4 is 28.9 Å². The number of aromatic nitrogens is 2. The molecular formula is C22H27F2N6O2+. The second kappa shape index (κ2) is 9.53. The van der Waals surface area contributed by atoms with Crippen molar-refractivity contribution in [1.82, 2.24) is 14.6 Å². The molecule has 1 aromatic heterocycles. The Balaban J connectivity index is 2.23. The predicted molar refractivity (Wildman–Crippen MR) is 121 cm³/mol. The molecule has 0 bridgehead atoms. The third-order valence-corrected chi connectivity index (χ3v) is 5.32. The topological polar surface area (TPSA) is 122 Å². The Bertz CT molecular complexity index is 1160. The van der Waals surface area contributed by atoms with Gasteiger partial charge in [-0.1, -0.05) is 12.1 Å². The molecule has 3 rings (SSSR count). The van der Waals surface area contributed by atoms with Gasteiger partial charge in [0.1, 0.15) is 6.54 Å². The van der Waals surface area contributed by atoms with Crippen LogP contribution in [-0.4, -0.2) is 43.4 Å². The maximum Gasteiger partial charge on any atom is 0.260 e. The Labute approximate surface area is 184 Å². The van der Waals surface area contributed by atoms with Gasteiger partial charge in [-0.05, 0) is 30.7 Å². The Morgan fingerprint density at radius 2 is 1.72 bits per heavy atom. The molecule has 2 unspecified atom stereocenters. The first-order valence-electron chi connectivity index (χ1n) is 9.96. The number of rotatable bonds is 8. The molecule has 0 saturated heterocycles. The zero-order valence-electron chi connectivity index (χ0n) is 18.2. The van der Waals surface area contributed by atoms with Crippen LogP contribution in [0.25, 0.3) is 23.1 Å². The van der Waals surface area contributed by atoms with Gasteiger partial charge in [-0.15, -0.1) is 0 Å². The van der Waals surface area contributed by atoms with Crippen molar-refractivity contribution in [2.45, 2.75) is 13.1 Å². The first-order valence-corrected chi connectivity index (χ1v) is 9.96. The van der Waals surface area contributed by atoms with Gasteiger partial charge in [-0.25, -0.2) is 13.8 Å². The molecule has 2 aromatic carbocycles. The van der Waals surface area contributed by atoms with Crippen LogP contribution in [0.4, 0.5) is 14.6 Å². The van der Waals surface area contributed by atoms with Gasteiger partial charge in [0.05, 0.1) is 31.7 Å². The molecule has 0 radical (unpaired) electrons. The lowest BCUT2D eigenvalue weighted by atomic mass is 10.1. The van der Waals surface area contributed by atoms with Crippen LogP contribution in [0.3, 0.4) is 0 Å². The van der Waals surface area contributed by atoms with Crippen LogP contribution < -0.4 is 31.4 Å². The number of hydrogen-bond donors (Lipinski definition) is 3. The van der Waals surface area contributed by atoms with E-state index in [9.17, 15) is 8.78 Å². The van der Waals surface area contributed by atoms with E-state index >= 15 is 0 Å². The minimum atomic E-state index is -0.943. The molecule has 170 valence electrons. The van der Waals surface area contributed by atoms with Gasteiger partial charge in [-0.2, -0.15) is 15.4 Å². The minimum Gasteiger partial charge on any atom is -0.493 e. The number of fused-ring (bicyclic) bond motifs is 1. The van der Waals surface area contributed by atoms with Crippen LogP contribution in [0, 0.1) is 11.6 Å². The van der Waals surface area contributed by atoms with E-state index < -0.39 is 17.8 Å². The van der Waals surface area contributed by atoms with Gasteiger partial charge < -0.3 is 15.2 Å². The van der Waals surface area contributed by atoms with Crippen LogP contribution in [0.15, 0.2) is 30.3 Å². The third kappa shape index (κ3) is 4.39. The quantitative estimate of drug-likeness (QED) is 0.211. The number of benzene rings is 2. The third-order valence-electron chi connectivity index (χ3n) is 5.32. The lowest BCUT2D eigenvalue weighted by Crippen LogP contribution is -2.68. The second-order valence-corrected chi connectivity index (χ2v) is 7.19. The molecule has 8 nitrogen and oxygen atoms in total. The maximum absolute atomic E-state index is 13.6. The van der Waals surface area contributed by atoms with Gasteiger partial charge in [0.25, 0.3) is 5.82 Å². The van der Waals surface area contributed by atoms with Gasteiger partial charge in [-0.3, -0.25) is 5.73 Å². The van der Waals surface area contributed by atoms with E-state index in [0.29, 0.717) is 46.2 Å². The first-order chi connectivity index (χ1) is 15.3. The molecule has 6 N–H and O–H groups in total. The number of quaternary nitrogens is 1. The number of nitrogens with two attached hydrogens (primary N) is 3. The molecule has 0 aliphatic heterocycles. The number of ether oxygens (including phenoxy) is 2. The monoisotopic (exact) mass is 445 g/mol. The summed E-state index contributed by atoms with van der Waals surface area (Å²) in [5, 5.41) is 0.626. The average Bonchev–Trinajstić information content (AvgIpc) is 2.82. The smallest absolute Gasteiger partial charge is 0.260 e. The van der Waals surface area contributed by atoms with E-state index in [-0.39, 0.29) is 11.1 Å². The lowest BCUT2D eigenvalue weighted by molar-refractivity contribution is 0.216. The highest BCUT2D eigenvalue weighted by Gasteiger charge is 2.36. The molecule has 0 fully saturated rings. The average molecular weight is 445 g/mol. The fraction of sp³-hybridized carbons (Fsp3) is 0.273. The van der Waals surface area contributed by atoms with E-state index in [1.54, 1.807) is 24.3 Å². The summed E-state index contributed by atoms with van der Waals surface area (Å²) in [5.74, 6) is 6.52. The number of nitrogens with zero attached hydrogens (tertiary/aromatic N) is 3. The Morgan fingerprint density at radius 1 is 1.03 bits per heavy atom. The van der Waals surface area contributed by atoms with E-state index in [1.807, 2.05) is 6.92 Å². The zero-order chi connectivity index (χ0) is 23.5. The molecule has 32 heavy (non-hydrogen) atoms. The van der Waals surface area contributed by atoms with Crippen molar-refractivity contribution in [3.05, 3.63) is 53.4 Å². The molecular weight excluding hydrogens is 418 g/mol. The van der Waals surface area contributed by atoms with E-state index in [0.717, 1.165) is 12.1 Å². The molecule has 1 heterocycles. The first kappa shape index (κ1) is 23.5. The van der Waals surface area contributed by atoms with Crippen LogP contribution in [0.5, 0.6) is 11.5 Å². The summed E-state index contributed by atoms with van der Waals surface area (Å²) in [5.41, 5.74) is 13.1. The molecule has 0 saturated carbocycles. The van der Waals surface area contributed by atoms with Crippen LogP contribution in [0.2, 0.25) is 0 Å². The van der Waals surface area contributed by atoms with Crippen molar-refractivity contribution in [2.24, 2.45) is 17.3 Å². The van der Waals surface area contributed by atoms with E-state index in [1.165, 1.54) is 20.3 Å². The summed E-state index contributed by atoms with van der Waals surface area (Å²) >= 11 is 0. The van der Waals surface area contributed by atoms with Crippen molar-refractivity contribution in [1.29, 1.82) is 0 Å². The van der Waals surface area contributed by atoms with Crippen molar-refractivity contribution in [2.75, 3.05) is 27.3 Å². The number of methoxy groups -OCH3 is 2. The molecule has 0 spiro atoms. The fourth-order valence-corrected chi connectivity index (χ4v) is 3.37. The summed E-state index contributed by atoms with van der Waals surface area (Å²) in [4.78, 5) is 9.22. The lowest BCUT2D eigenvalue weighted by Gasteiger charge is -2.35. The number of likely N-dealkylation sites (N-methyl/N-ethyl adjacent to an activating group) is 1. The highest BCUT2D eigenvalue weighted by atomic mass is 19.2. The molecule has 0 aliphatic rings. The summed E-state index contributed by atoms with van der Waals surface area (Å²) in [6.07, 6.45) is 2.53. The Morgan fingerprint density at radius 3 is 2.31 bits per heavy atom. The second-order valence-electron chi connectivity index (χ2n) is 7.19. The molecule has 3 aromatic rings. The van der Waals surface area contributed by atoms with Crippen LogP contribution in [-0.2, 0) is 0 Å². The van der Waals surface area contributed by atoms with Gasteiger partial charge >= 0.3 is 0 Å². The number of hydrogen-bond acceptors (Lipinski definition) is 7. The Hall–Kier alpha value is -3.18. The molecule has 10 heteroatoms. The van der Waals surface area contributed by atoms with Gasteiger partial charge in [0, 0.05) is 12.1 Å². The molecule has 0 amide bonds. The van der Waals surface area contributed by atoms with Crippen LogP contribution >= 0.6 is 0 Å². The zero-order valence-corrected chi connectivity index (χ0v) is 18.2. The highest BCUT2D eigenvalue weighted by Crippen LogP contribution is 2.36. The normalized spacial score (nSPS) is 14.5. The number of halogens is 2. The SMILES string of the molecule is CC[N+](N)(c1nc(/C=C/c2ccc(F)c(F)c2)nc2cc(OC)c(OC)cc12)C(N)CN. The summed E-state index contributed by atoms with van der Waals surface area (Å²) in [6, 6.07) is 7.04. The summed E-state index contributed by atoms with van der Waals surface area (Å²) in [7, 11) is 3.05. The Kier molecular flexibility index (Phi) is 6.99. The van der Waals surface area contributed by atoms with Gasteiger partial charge in [0.15, 0.2) is 35.1 Å². The minimum absolute atomic E-state index is 0.128. The summed E-state index contributed by atoms with van der Waals surface area (Å²) < 4.78 is 37.4. The van der Waals surface area contributed by atoms with Crippen molar-refractivity contribution in [3.63, 3.8) is 0 Å². The maximum atomic E-state index is 13.6. The largest absolute Gasteiger partial charge is 0.493 e. The molecule has 2 atom stereocenters. The standard InChI is InChI=1S/C22H27F2N6O2/c1-4-30(27,20(26)12-25)22-14-10-18(31-2)19(32-3)11-17(14)28-21(29-22)8-6-13-5-7-15(23)16(24)9-13/h5-11,20H,4,12,25-27H2,1-3H3/q+1/b8-6+. The van der Waals surface area contributed by atoms with E-state index in [4.69, 9.17) is 26.8 Å². The van der Waals surface area contributed by atoms with E-state index in [2.05, 4.69) is 9.97 Å². The van der Waals surface area contributed by atoms with Crippen LogP contribution in [0.1, 0.15) is 18.3 Å². The van der Waals surface area contributed by atoms with Gasteiger partial charge in [0.2, 0.25) is 0 Å². The predicted octanol–water partition coefficient (Wildman–Crippen LogP) is 2.54. The van der Waals surface area contributed by atoms with Crippen molar-refractivity contribution < 1.29 is 18.3 Å².